The molecular formula is C20H26FN5O2. The molecule has 8 heteroatoms. The van der Waals surface area contributed by atoms with Gasteiger partial charge >= 0.3 is 6.03 Å². The Morgan fingerprint density at radius 3 is 2.54 bits per heavy atom. The van der Waals surface area contributed by atoms with Gasteiger partial charge in [0, 0.05) is 51.7 Å². The summed E-state index contributed by atoms with van der Waals surface area (Å²) in [5.74, 6) is -0.219. The van der Waals surface area contributed by atoms with E-state index in [1.165, 1.54) is 6.07 Å². The number of carbonyl (C=O) groups excluding carboxylic acids is 2. The summed E-state index contributed by atoms with van der Waals surface area (Å²) in [6.45, 7) is 5.23. The van der Waals surface area contributed by atoms with Crippen molar-refractivity contribution in [3.63, 3.8) is 0 Å². The van der Waals surface area contributed by atoms with E-state index in [4.69, 9.17) is 0 Å². The zero-order valence-electron chi connectivity index (χ0n) is 16.1. The summed E-state index contributed by atoms with van der Waals surface area (Å²) in [6.07, 6.45) is 3.68. The van der Waals surface area contributed by atoms with Crippen LogP contribution in [0.2, 0.25) is 0 Å². The lowest BCUT2D eigenvalue weighted by atomic mass is 10.1. The van der Waals surface area contributed by atoms with Crippen molar-refractivity contribution in [2.75, 3.05) is 32.7 Å². The predicted molar refractivity (Wildman–Crippen MR) is 103 cm³/mol. The second-order valence-electron chi connectivity index (χ2n) is 7.16. The average Bonchev–Trinajstić information content (AvgIpc) is 3.21. The molecule has 7 nitrogen and oxygen atoms in total. The summed E-state index contributed by atoms with van der Waals surface area (Å²) in [5, 5.41) is 7.11. The minimum atomic E-state index is -0.363. The van der Waals surface area contributed by atoms with Gasteiger partial charge in [0.1, 0.15) is 5.82 Å². The van der Waals surface area contributed by atoms with Crippen molar-refractivity contribution in [1.82, 2.24) is 24.9 Å². The number of carbonyl (C=O) groups is 2. The summed E-state index contributed by atoms with van der Waals surface area (Å²) < 4.78 is 15.6. The van der Waals surface area contributed by atoms with Crippen LogP contribution in [-0.2, 0) is 17.8 Å². The van der Waals surface area contributed by atoms with Crippen LogP contribution in [-0.4, -0.2) is 64.2 Å². The van der Waals surface area contributed by atoms with E-state index in [1.54, 1.807) is 34.2 Å². The topological polar surface area (TPSA) is 70.5 Å². The molecule has 0 saturated carbocycles. The van der Waals surface area contributed by atoms with E-state index < -0.39 is 0 Å². The third-order valence-electron chi connectivity index (χ3n) is 4.88. The molecule has 1 aliphatic heterocycles. The molecule has 3 rings (SSSR count). The molecule has 2 aromatic rings. The van der Waals surface area contributed by atoms with Crippen LogP contribution in [0.25, 0.3) is 0 Å². The number of nitrogens with zero attached hydrogens (tertiary/aromatic N) is 4. The summed E-state index contributed by atoms with van der Waals surface area (Å²) in [7, 11) is 0. The molecule has 150 valence electrons. The van der Waals surface area contributed by atoms with E-state index in [0.29, 0.717) is 38.3 Å². The molecular weight excluding hydrogens is 361 g/mol. The van der Waals surface area contributed by atoms with Crippen LogP contribution in [0.1, 0.15) is 12.5 Å². The number of amides is 3. The fourth-order valence-corrected chi connectivity index (χ4v) is 3.24. The predicted octanol–water partition coefficient (Wildman–Crippen LogP) is 1.75. The number of halogens is 1. The first-order valence-corrected chi connectivity index (χ1v) is 9.54. The number of nitrogens with one attached hydrogen (secondary N) is 1. The van der Waals surface area contributed by atoms with Gasteiger partial charge in [-0.05, 0) is 23.6 Å². The fraction of sp³-hybridized carbons (Fsp3) is 0.450. The molecule has 1 aliphatic rings. The Balaban J connectivity index is 1.40. The van der Waals surface area contributed by atoms with Crippen LogP contribution in [0, 0.1) is 11.7 Å². The number of piperazine rings is 1. The number of hydrogen-bond acceptors (Lipinski definition) is 3. The third-order valence-corrected chi connectivity index (χ3v) is 4.88. The second kappa shape index (κ2) is 9.34. The van der Waals surface area contributed by atoms with Crippen molar-refractivity contribution in [2.24, 2.45) is 5.92 Å². The Bertz CT molecular complexity index is 788. The van der Waals surface area contributed by atoms with Gasteiger partial charge in [0.15, 0.2) is 0 Å². The number of rotatable bonds is 6. The minimum absolute atomic E-state index is 0.0454. The second-order valence-corrected chi connectivity index (χ2v) is 7.16. The molecule has 0 aliphatic carbocycles. The molecule has 1 atom stereocenters. The van der Waals surface area contributed by atoms with Gasteiger partial charge in [-0.2, -0.15) is 5.10 Å². The molecule has 1 aromatic carbocycles. The number of urea groups is 1. The van der Waals surface area contributed by atoms with E-state index in [-0.39, 0.29) is 30.1 Å². The van der Waals surface area contributed by atoms with Gasteiger partial charge in [0.2, 0.25) is 5.91 Å². The highest BCUT2D eigenvalue weighted by Gasteiger charge is 2.24. The fourth-order valence-electron chi connectivity index (χ4n) is 3.24. The van der Waals surface area contributed by atoms with Gasteiger partial charge in [-0.3, -0.25) is 9.48 Å². The largest absolute Gasteiger partial charge is 0.339 e. The summed E-state index contributed by atoms with van der Waals surface area (Å²) in [5.41, 5.74) is 0.402. The summed E-state index contributed by atoms with van der Waals surface area (Å²) in [4.78, 5) is 28.2. The first-order valence-electron chi connectivity index (χ1n) is 9.54. The highest BCUT2D eigenvalue weighted by atomic mass is 19.1. The van der Waals surface area contributed by atoms with Crippen molar-refractivity contribution in [3.8, 4) is 0 Å². The van der Waals surface area contributed by atoms with Gasteiger partial charge in [-0.25, -0.2) is 9.18 Å². The SMILES string of the molecule is CC(CNC(=O)N1CCN(C(=O)Cc2ccccc2F)CC1)Cn1cccn1. The molecule has 28 heavy (non-hydrogen) atoms. The summed E-state index contributed by atoms with van der Waals surface area (Å²) >= 11 is 0. The molecule has 0 bridgehead atoms. The molecule has 3 amide bonds. The van der Waals surface area contributed by atoms with Crippen LogP contribution in [0.4, 0.5) is 9.18 Å². The third kappa shape index (κ3) is 5.31. The van der Waals surface area contributed by atoms with Crippen LogP contribution >= 0.6 is 0 Å². The zero-order valence-corrected chi connectivity index (χ0v) is 16.1. The molecule has 1 aromatic heterocycles. The Labute approximate surface area is 164 Å². The van der Waals surface area contributed by atoms with E-state index in [9.17, 15) is 14.0 Å². The van der Waals surface area contributed by atoms with Crippen molar-refractivity contribution < 1.29 is 14.0 Å². The monoisotopic (exact) mass is 387 g/mol. The van der Waals surface area contributed by atoms with Gasteiger partial charge < -0.3 is 15.1 Å². The van der Waals surface area contributed by atoms with Gasteiger partial charge in [0.25, 0.3) is 0 Å². The molecule has 1 saturated heterocycles. The molecule has 0 spiro atoms. The Morgan fingerprint density at radius 2 is 1.86 bits per heavy atom. The lowest BCUT2D eigenvalue weighted by Gasteiger charge is -2.35. The summed E-state index contributed by atoms with van der Waals surface area (Å²) in [6, 6.07) is 8.07. The first-order chi connectivity index (χ1) is 13.5. The molecule has 0 radical (unpaired) electrons. The molecule has 1 N–H and O–H groups in total. The Kier molecular flexibility index (Phi) is 6.62. The van der Waals surface area contributed by atoms with E-state index >= 15 is 0 Å². The zero-order chi connectivity index (χ0) is 19.9. The van der Waals surface area contributed by atoms with Crippen LogP contribution < -0.4 is 5.32 Å². The van der Waals surface area contributed by atoms with Crippen LogP contribution in [0.3, 0.4) is 0 Å². The van der Waals surface area contributed by atoms with Gasteiger partial charge in [-0.15, -0.1) is 0 Å². The van der Waals surface area contributed by atoms with Crippen molar-refractivity contribution in [3.05, 3.63) is 54.1 Å². The van der Waals surface area contributed by atoms with Gasteiger partial charge in [0.05, 0.1) is 6.42 Å². The smallest absolute Gasteiger partial charge is 0.317 e. The average molecular weight is 387 g/mol. The molecule has 2 heterocycles. The van der Waals surface area contributed by atoms with E-state index in [1.807, 2.05) is 16.9 Å². The Hall–Kier alpha value is -2.90. The standard InChI is InChI=1S/C20H26FN5O2/c1-16(15-26-8-4-7-23-26)14-22-20(28)25-11-9-24(10-12-25)19(27)13-17-5-2-3-6-18(17)21/h2-8,16H,9-15H2,1H3,(H,22,28). The van der Waals surface area contributed by atoms with E-state index in [2.05, 4.69) is 17.3 Å². The highest BCUT2D eigenvalue weighted by molar-refractivity contribution is 5.79. The molecule has 1 unspecified atom stereocenters. The van der Waals surface area contributed by atoms with Crippen molar-refractivity contribution >= 4 is 11.9 Å². The maximum Gasteiger partial charge on any atom is 0.317 e. The van der Waals surface area contributed by atoms with Crippen LogP contribution in [0.15, 0.2) is 42.7 Å². The van der Waals surface area contributed by atoms with Crippen LogP contribution in [0.5, 0.6) is 0 Å². The number of aromatic nitrogens is 2. The van der Waals surface area contributed by atoms with Crippen molar-refractivity contribution in [2.45, 2.75) is 19.9 Å². The normalized spacial score (nSPS) is 15.4. The lowest BCUT2D eigenvalue weighted by molar-refractivity contribution is -0.131. The van der Waals surface area contributed by atoms with Gasteiger partial charge in [-0.1, -0.05) is 25.1 Å². The maximum absolute atomic E-state index is 13.7. The van der Waals surface area contributed by atoms with Crippen molar-refractivity contribution in [1.29, 1.82) is 0 Å². The maximum atomic E-state index is 13.7. The first kappa shape index (κ1) is 19.9. The minimum Gasteiger partial charge on any atom is -0.339 e. The lowest BCUT2D eigenvalue weighted by Crippen LogP contribution is -2.53. The number of benzene rings is 1. The highest BCUT2D eigenvalue weighted by Crippen LogP contribution is 2.11. The molecule has 1 fully saturated rings. The van der Waals surface area contributed by atoms with E-state index in [0.717, 1.165) is 6.54 Å². The number of hydrogen-bond donors (Lipinski definition) is 1. The quantitative estimate of drug-likeness (QED) is 0.821. The Morgan fingerprint density at radius 1 is 1.14 bits per heavy atom.